The van der Waals surface area contributed by atoms with Crippen molar-refractivity contribution in [2.24, 2.45) is 10.7 Å². The molecule has 0 spiro atoms. The Labute approximate surface area is 223 Å². The number of rotatable bonds is 10. The molecule has 0 amide bonds. The summed E-state index contributed by atoms with van der Waals surface area (Å²) in [6, 6.07) is 6.23. The first-order chi connectivity index (χ1) is 18.2. The number of amidine groups is 1. The number of nitrogens with one attached hydrogen (secondary N) is 1. The van der Waals surface area contributed by atoms with E-state index in [-0.39, 0.29) is 36.0 Å². The second-order valence-electron chi connectivity index (χ2n) is 8.23. The number of alkyl halides is 6. The van der Waals surface area contributed by atoms with Gasteiger partial charge in [-0.2, -0.15) is 26.3 Å². The Morgan fingerprint density at radius 2 is 1.82 bits per heavy atom. The number of hydrogen-bond donors (Lipinski definition) is 2. The zero-order valence-electron chi connectivity index (χ0n) is 20.7. The standard InChI is InChI=1S/C25H24F7N3O3S/c1-4-19(22(13(2)33)39-14(3)15-5-7-16(8-6-15)25(30,31)32)38-21-10-20(36-11-24(27,28)29)17(9-18(21)26)23-34-12-37-35-23/h5-10,19H,3-4,11-12,33H2,1-2H3,(H,34,35)/b22-13-. The molecule has 1 heterocycles. The summed E-state index contributed by atoms with van der Waals surface area (Å²) >= 11 is 1.02. The van der Waals surface area contributed by atoms with Crippen LogP contribution in [0.15, 0.2) is 58.6 Å². The summed E-state index contributed by atoms with van der Waals surface area (Å²) in [5.41, 5.74) is 8.16. The first kappa shape index (κ1) is 30.2. The number of aliphatic imine (C=N–C) groups is 1. The molecule has 1 aliphatic rings. The highest BCUT2D eigenvalue weighted by Gasteiger charge is 2.31. The summed E-state index contributed by atoms with van der Waals surface area (Å²) in [5, 5.41) is 0. The molecule has 3 N–H and O–H groups in total. The van der Waals surface area contributed by atoms with E-state index in [9.17, 15) is 26.3 Å². The normalized spacial score (nSPS) is 15.3. The summed E-state index contributed by atoms with van der Waals surface area (Å²) in [4.78, 5) is 9.49. The van der Waals surface area contributed by atoms with Gasteiger partial charge in [-0.25, -0.2) is 14.9 Å². The van der Waals surface area contributed by atoms with Gasteiger partial charge in [0.15, 0.2) is 30.7 Å². The van der Waals surface area contributed by atoms with Gasteiger partial charge in [0.25, 0.3) is 0 Å². The molecule has 0 saturated carbocycles. The molecule has 39 heavy (non-hydrogen) atoms. The van der Waals surface area contributed by atoms with Crippen LogP contribution in [0.5, 0.6) is 11.5 Å². The molecule has 6 nitrogen and oxygen atoms in total. The molecule has 1 unspecified atom stereocenters. The third-order valence-electron chi connectivity index (χ3n) is 5.23. The third-order valence-corrected chi connectivity index (χ3v) is 6.51. The molecule has 0 saturated heterocycles. The van der Waals surface area contributed by atoms with Crippen molar-refractivity contribution < 1.29 is 45.0 Å². The van der Waals surface area contributed by atoms with E-state index < -0.39 is 42.2 Å². The van der Waals surface area contributed by atoms with Gasteiger partial charge in [-0.1, -0.05) is 37.4 Å². The molecule has 0 fully saturated rings. The number of benzene rings is 2. The molecule has 14 heteroatoms. The maximum atomic E-state index is 15.1. The Morgan fingerprint density at radius 1 is 1.15 bits per heavy atom. The van der Waals surface area contributed by atoms with Crippen molar-refractivity contribution >= 4 is 22.5 Å². The average Bonchev–Trinajstić information content (AvgIpc) is 3.39. The minimum atomic E-state index is -4.66. The van der Waals surface area contributed by atoms with Gasteiger partial charge in [-0.3, -0.25) is 4.84 Å². The Kier molecular flexibility index (Phi) is 9.43. The number of halogens is 7. The zero-order chi connectivity index (χ0) is 29.0. The molecule has 0 aromatic heterocycles. The number of hydroxylamine groups is 1. The minimum absolute atomic E-state index is 0.0218. The van der Waals surface area contributed by atoms with Crippen molar-refractivity contribution in [3.05, 3.63) is 76.1 Å². The van der Waals surface area contributed by atoms with Crippen molar-refractivity contribution in [2.75, 3.05) is 13.3 Å². The number of allylic oxidation sites excluding steroid dienone is 1. The zero-order valence-corrected chi connectivity index (χ0v) is 21.5. The van der Waals surface area contributed by atoms with Crippen molar-refractivity contribution in [3.63, 3.8) is 0 Å². The van der Waals surface area contributed by atoms with Crippen LogP contribution in [0.1, 0.15) is 37.0 Å². The van der Waals surface area contributed by atoms with Gasteiger partial charge in [0.05, 0.1) is 11.1 Å². The van der Waals surface area contributed by atoms with Gasteiger partial charge in [-0.15, -0.1) is 0 Å². The molecule has 212 valence electrons. The van der Waals surface area contributed by atoms with E-state index in [0.29, 0.717) is 15.4 Å². The van der Waals surface area contributed by atoms with Crippen molar-refractivity contribution in [1.29, 1.82) is 0 Å². The van der Waals surface area contributed by atoms with Crippen LogP contribution in [0.4, 0.5) is 30.7 Å². The molecule has 0 aliphatic carbocycles. The van der Waals surface area contributed by atoms with Crippen molar-refractivity contribution in [2.45, 2.75) is 38.7 Å². The third kappa shape index (κ3) is 8.05. The van der Waals surface area contributed by atoms with E-state index in [1.165, 1.54) is 12.1 Å². The smallest absolute Gasteiger partial charge is 0.422 e. The predicted octanol–water partition coefficient (Wildman–Crippen LogP) is 6.78. The minimum Gasteiger partial charge on any atom is -0.483 e. The van der Waals surface area contributed by atoms with Gasteiger partial charge in [-0.05, 0) is 37.1 Å². The fourth-order valence-electron chi connectivity index (χ4n) is 3.37. The van der Waals surface area contributed by atoms with Crippen molar-refractivity contribution in [1.82, 2.24) is 5.48 Å². The van der Waals surface area contributed by atoms with Crippen LogP contribution < -0.4 is 20.7 Å². The van der Waals surface area contributed by atoms with E-state index in [4.69, 9.17) is 20.0 Å². The Bertz CT molecular complexity index is 1260. The second-order valence-corrected chi connectivity index (χ2v) is 9.36. The lowest BCUT2D eigenvalue weighted by molar-refractivity contribution is -0.153. The van der Waals surface area contributed by atoms with E-state index in [1.54, 1.807) is 13.8 Å². The molecule has 1 atom stereocenters. The molecule has 2 aromatic carbocycles. The summed E-state index contributed by atoms with van der Waals surface area (Å²) < 4.78 is 103. The fraction of sp³-hybridized carbons (Fsp3) is 0.320. The van der Waals surface area contributed by atoms with Crippen LogP contribution in [-0.2, 0) is 11.0 Å². The van der Waals surface area contributed by atoms with Crippen LogP contribution in [-0.4, -0.2) is 31.5 Å². The van der Waals surface area contributed by atoms with Gasteiger partial charge >= 0.3 is 12.4 Å². The van der Waals surface area contributed by atoms with Gasteiger partial charge in [0.1, 0.15) is 11.9 Å². The van der Waals surface area contributed by atoms with E-state index >= 15 is 4.39 Å². The van der Waals surface area contributed by atoms with Crippen LogP contribution >= 0.6 is 11.8 Å². The highest BCUT2D eigenvalue weighted by atomic mass is 32.2. The number of ether oxygens (including phenoxy) is 2. The van der Waals surface area contributed by atoms with Crippen LogP contribution in [0, 0.1) is 5.82 Å². The quantitative estimate of drug-likeness (QED) is 0.303. The van der Waals surface area contributed by atoms with Gasteiger partial charge in [0, 0.05) is 21.6 Å². The van der Waals surface area contributed by atoms with Crippen LogP contribution in [0.3, 0.4) is 0 Å². The van der Waals surface area contributed by atoms with E-state index in [1.807, 2.05) is 0 Å². The Morgan fingerprint density at radius 3 is 2.33 bits per heavy atom. The number of nitrogens with zero attached hydrogens (tertiary/aromatic N) is 1. The largest absolute Gasteiger partial charge is 0.483 e. The second kappa shape index (κ2) is 12.2. The number of thioether (sulfide) groups is 1. The molecular weight excluding hydrogens is 555 g/mol. The monoisotopic (exact) mass is 579 g/mol. The SMILES string of the molecule is C=C(S/C(=C(/C)N)C(CC)Oc1cc(OCC(F)(F)F)c(C2=NCON2)cc1F)c1ccc(C(F)(F)F)cc1. The first-order valence-electron chi connectivity index (χ1n) is 11.3. The van der Waals surface area contributed by atoms with Crippen LogP contribution in [0.2, 0.25) is 0 Å². The number of nitrogens with two attached hydrogens (primary N) is 1. The van der Waals surface area contributed by atoms with E-state index in [2.05, 4.69) is 17.1 Å². The lowest BCUT2D eigenvalue weighted by Crippen LogP contribution is -2.24. The fourth-order valence-corrected chi connectivity index (χ4v) is 4.40. The Hall–Kier alpha value is -3.39. The first-order valence-corrected chi connectivity index (χ1v) is 12.1. The van der Waals surface area contributed by atoms with Gasteiger partial charge in [0.2, 0.25) is 0 Å². The lowest BCUT2D eigenvalue weighted by Gasteiger charge is -2.24. The summed E-state index contributed by atoms with van der Waals surface area (Å²) in [6.45, 7) is 5.38. The molecule has 0 radical (unpaired) electrons. The molecule has 2 aromatic rings. The molecule has 1 aliphatic heterocycles. The Balaban J connectivity index is 1.87. The maximum Gasteiger partial charge on any atom is 0.422 e. The topological polar surface area (TPSA) is 78.1 Å². The highest BCUT2D eigenvalue weighted by molar-refractivity contribution is 8.11. The summed E-state index contributed by atoms with van der Waals surface area (Å²) in [5.74, 6) is -1.71. The summed E-state index contributed by atoms with van der Waals surface area (Å²) in [7, 11) is 0. The highest BCUT2D eigenvalue weighted by Crippen LogP contribution is 2.39. The lowest BCUT2D eigenvalue weighted by atomic mass is 10.1. The molecular formula is C25H24F7N3O3S. The van der Waals surface area contributed by atoms with E-state index in [0.717, 1.165) is 36.0 Å². The van der Waals surface area contributed by atoms with Crippen molar-refractivity contribution in [3.8, 4) is 11.5 Å². The predicted molar refractivity (Wildman–Crippen MR) is 133 cm³/mol. The molecule has 3 rings (SSSR count). The molecule has 0 bridgehead atoms. The average molecular weight is 580 g/mol. The maximum absolute atomic E-state index is 15.1. The van der Waals surface area contributed by atoms with Gasteiger partial charge < -0.3 is 15.2 Å². The summed E-state index contributed by atoms with van der Waals surface area (Å²) in [6.07, 6.45) is -9.79. The van der Waals surface area contributed by atoms with Crippen LogP contribution in [0.25, 0.3) is 4.91 Å². The number of hydrogen-bond acceptors (Lipinski definition) is 7.